The molecular weight excluding hydrogens is 325 g/mol. The molecule has 1 atom stereocenters. The van der Waals surface area contributed by atoms with Gasteiger partial charge in [-0.1, -0.05) is 25.0 Å². The van der Waals surface area contributed by atoms with Crippen molar-refractivity contribution < 1.29 is 4.79 Å². The first-order chi connectivity index (χ1) is 9.92. The number of thioether (sulfide) groups is 1. The minimum atomic E-state index is -0.926. The summed E-state index contributed by atoms with van der Waals surface area (Å²) in [6, 6.07) is 7.98. The highest BCUT2D eigenvalue weighted by Crippen LogP contribution is 2.64. The molecule has 0 saturated heterocycles. The molecular formula is C16H19Cl2NOS. The first kappa shape index (κ1) is 15.5. The maximum atomic E-state index is 12.4. The van der Waals surface area contributed by atoms with Crippen LogP contribution < -0.4 is 5.32 Å². The normalized spacial score (nSPS) is 27.6. The fraction of sp³-hybridized carbons (Fsp3) is 0.562. The zero-order valence-corrected chi connectivity index (χ0v) is 14.3. The molecule has 1 amide bonds. The van der Waals surface area contributed by atoms with Crippen LogP contribution in [0, 0.1) is 5.41 Å². The van der Waals surface area contributed by atoms with Crippen molar-refractivity contribution in [3.63, 3.8) is 0 Å². The maximum Gasteiger partial charge on any atom is 0.233 e. The molecule has 3 rings (SSSR count). The Morgan fingerprint density at radius 2 is 1.90 bits per heavy atom. The van der Waals surface area contributed by atoms with Gasteiger partial charge in [0.15, 0.2) is 0 Å². The van der Waals surface area contributed by atoms with Crippen molar-refractivity contribution in [2.24, 2.45) is 5.41 Å². The summed E-state index contributed by atoms with van der Waals surface area (Å²) in [5.41, 5.74) is 0.193. The van der Waals surface area contributed by atoms with Crippen molar-refractivity contribution in [1.82, 2.24) is 0 Å². The second-order valence-electron chi connectivity index (χ2n) is 6.19. The number of hydrogen-bond donors (Lipinski definition) is 1. The maximum absolute atomic E-state index is 12.4. The van der Waals surface area contributed by atoms with Gasteiger partial charge >= 0.3 is 0 Å². The van der Waals surface area contributed by atoms with E-state index in [1.807, 2.05) is 36.9 Å². The van der Waals surface area contributed by atoms with Gasteiger partial charge in [0.2, 0.25) is 5.91 Å². The Morgan fingerprint density at radius 3 is 2.52 bits per heavy atom. The molecule has 21 heavy (non-hydrogen) atoms. The molecule has 1 aromatic rings. The zero-order chi connectivity index (χ0) is 15.1. The lowest BCUT2D eigenvalue weighted by Crippen LogP contribution is -2.26. The first-order valence-corrected chi connectivity index (χ1v) is 9.01. The van der Waals surface area contributed by atoms with Crippen molar-refractivity contribution in [2.75, 3.05) is 5.32 Å². The molecule has 0 aromatic heterocycles. The molecule has 0 heterocycles. The van der Waals surface area contributed by atoms with E-state index < -0.39 is 9.75 Å². The van der Waals surface area contributed by atoms with Crippen molar-refractivity contribution in [3.05, 3.63) is 24.3 Å². The van der Waals surface area contributed by atoms with E-state index >= 15 is 0 Å². The predicted molar refractivity (Wildman–Crippen MR) is 90.3 cm³/mol. The van der Waals surface area contributed by atoms with Crippen molar-refractivity contribution in [1.29, 1.82) is 0 Å². The van der Waals surface area contributed by atoms with Gasteiger partial charge in [-0.05, 0) is 38.3 Å². The van der Waals surface area contributed by atoms with E-state index in [2.05, 4.69) is 11.4 Å². The average molecular weight is 344 g/mol. The third-order valence-electron chi connectivity index (χ3n) is 4.49. The number of anilines is 1. The number of halogens is 2. The van der Waals surface area contributed by atoms with Crippen LogP contribution in [0.15, 0.2) is 29.2 Å². The highest BCUT2D eigenvalue weighted by atomic mass is 35.5. The lowest BCUT2D eigenvalue weighted by Gasteiger charge is -2.17. The first-order valence-electron chi connectivity index (χ1n) is 7.37. The molecule has 114 valence electrons. The van der Waals surface area contributed by atoms with Crippen molar-refractivity contribution in [2.45, 2.75) is 53.5 Å². The Balaban J connectivity index is 1.72. The minimum absolute atomic E-state index is 0.0908. The minimum Gasteiger partial charge on any atom is -0.325 e. The van der Waals surface area contributed by atoms with Gasteiger partial charge in [0.1, 0.15) is 4.33 Å². The second kappa shape index (κ2) is 5.68. The molecule has 2 nitrogen and oxygen atoms in total. The number of hydrogen-bond acceptors (Lipinski definition) is 2. The van der Waals surface area contributed by atoms with Crippen LogP contribution in [0.3, 0.4) is 0 Å². The third-order valence-corrected chi connectivity index (χ3v) is 7.01. The number of carbonyl (C=O) groups excluding carboxylic acids is 1. The standard InChI is InChI=1S/C16H19Cl2NOS/c1-15(10-16(15,17)18)14(20)19-12-8-4-5-9-13(12)21-11-6-2-3-7-11/h4-5,8-9,11H,2-3,6-7,10H2,1H3,(H,19,20). The van der Waals surface area contributed by atoms with E-state index in [9.17, 15) is 4.79 Å². The Morgan fingerprint density at radius 1 is 1.29 bits per heavy atom. The summed E-state index contributed by atoms with van der Waals surface area (Å²) in [4.78, 5) is 13.5. The van der Waals surface area contributed by atoms with Crippen LogP contribution in [0.1, 0.15) is 39.0 Å². The monoisotopic (exact) mass is 343 g/mol. The summed E-state index contributed by atoms with van der Waals surface area (Å²) in [7, 11) is 0. The fourth-order valence-corrected chi connectivity index (χ4v) is 4.80. The van der Waals surface area contributed by atoms with E-state index in [-0.39, 0.29) is 5.91 Å². The van der Waals surface area contributed by atoms with Crippen LogP contribution in [-0.2, 0) is 4.79 Å². The van der Waals surface area contributed by atoms with Crippen LogP contribution >= 0.6 is 35.0 Å². The Kier molecular flexibility index (Phi) is 4.19. The predicted octanol–water partition coefficient (Wildman–Crippen LogP) is 5.24. The molecule has 5 heteroatoms. The van der Waals surface area contributed by atoms with Gasteiger partial charge in [0, 0.05) is 10.1 Å². The van der Waals surface area contributed by atoms with Crippen molar-refractivity contribution in [3.8, 4) is 0 Å². The highest BCUT2D eigenvalue weighted by molar-refractivity contribution is 8.00. The van der Waals surface area contributed by atoms with Gasteiger partial charge in [0.05, 0.1) is 11.1 Å². The van der Waals surface area contributed by atoms with E-state index in [0.29, 0.717) is 11.7 Å². The fourth-order valence-electron chi connectivity index (χ4n) is 2.76. The zero-order valence-electron chi connectivity index (χ0n) is 12.0. The summed E-state index contributed by atoms with van der Waals surface area (Å²) in [6.07, 6.45) is 5.65. The smallest absolute Gasteiger partial charge is 0.233 e. The highest BCUT2D eigenvalue weighted by Gasteiger charge is 2.67. The van der Waals surface area contributed by atoms with E-state index in [0.717, 1.165) is 10.6 Å². The largest absolute Gasteiger partial charge is 0.325 e. The molecule has 1 aromatic carbocycles. The number of para-hydroxylation sites is 1. The summed E-state index contributed by atoms with van der Waals surface area (Å²) < 4.78 is -0.926. The average Bonchev–Trinajstić information content (AvgIpc) is 2.81. The SMILES string of the molecule is CC1(C(=O)Nc2ccccc2SC2CCCC2)CC1(Cl)Cl. The van der Waals surface area contributed by atoms with Crippen LogP contribution in [0.2, 0.25) is 0 Å². The molecule has 2 saturated carbocycles. The molecule has 0 spiro atoms. The number of alkyl halides is 2. The lowest BCUT2D eigenvalue weighted by atomic mass is 10.1. The molecule has 2 fully saturated rings. The van der Waals surface area contributed by atoms with Crippen LogP contribution in [0.25, 0.3) is 0 Å². The quantitative estimate of drug-likeness (QED) is 0.757. The van der Waals surface area contributed by atoms with Gasteiger partial charge in [-0.15, -0.1) is 35.0 Å². The van der Waals surface area contributed by atoms with E-state index in [1.165, 1.54) is 25.7 Å². The number of rotatable bonds is 4. The molecule has 1 N–H and O–H groups in total. The lowest BCUT2D eigenvalue weighted by molar-refractivity contribution is -0.120. The van der Waals surface area contributed by atoms with E-state index in [4.69, 9.17) is 23.2 Å². The summed E-state index contributed by atoms with van der Waals surface area (Å²) in [5, 5.41) is 3.68. The number of benzene rings is 1. The molecule has 2 aliphatic carbocycles. The number of amides is 1. The summed E-state index contributed by atoms with van der Waals surface area (Å²) in [5.74, 6) is -0.0908. The summed E-state index contributed by atoms with van der Waals surface area (Å²) in [6.45, 7) is 1.81. The van der Waals surface area contributed by atoms with Gasteiger partial charge in [-0.2, -0.15) is 0 Å². The molecule has 0 bridgehead atoms. The molecule has 0 radical (unpaired) electrons. The second-order valence-corrected chi connectivity index (χ2v) is 9.01. The van der Waals surface area contributed by atoms with Gasteiger partial charge in [0.25, 0.3) is 0 Å². The topological polar surface area (TPSA) is 29.1 Å². The van der Waals surface area contributed by atoms with Gasteiger partial charge in [-0.3, -0.25) is 4.79 Å². The van der Waals surface area contributed by atoms with Gasteiger partial charge in [-0.25, -0.2) is 0 Å². The third kappa shape index (κ3) is 3.06. The Bertz CT molecular complexity index is 557. The van der Waals surface area contributed by atoms with Crippen LogP contribution in [-0.4, -0.2) is 15.5 Å². The summed E-state index contributed by atoms with van der Waals surface area (Å²) >= 11 is 14.0. The molecule has 2 aliphatic rings. The number of nitrogens with one attached hydrogen (secondary N) is 1. The Labute approximate surface area is 140 Å². The van der Waals surface area contributed by atoms with Crippen LogP contribution in [0.5, 0.6) is 0 Å². The molecule has 1 unspecified atom stereocenters. The Hall–Kier alpha value is -0.380. The van der Waals surface area contributed by atoms with Gasteiger partial charge < -0.3 is 5.32 Å². The molecule has 0 aliphatic heterocycles. The van der Waals surface area contributed by atoms with Crippen LogP contribution in [0.4, 0.5) is 5.69 Å². The van der Waals surface area contributed by atoms with Crippen molar-refractivity contribution >= 4 is 46.6 Å². The number of carbonyl (C=O) groups is 1. The van der Waals surface area contributed by atoms with E-state index in [1.54, 1.807) is 0 Å².